The number of nitrogens with zero attached hydrogens (tertiary/aromatic N) is 2. The fourth-order valence-corrected chi connectivity index (χ4v) is 3.40. The lowest BCUT2D eigenvalue weighted by Gasteiger charge is -2.34. The third-order valence-electron chi connectivity index (χ3n) is 3.41. The third kappa shape index (κ3) is 4.14. The number of rotatable bonds is 3. The largest absolute Gasteiger partial charge is 0.314 e. The molecule has 1 N–H and O–H groups in total. The van der Waals surface area contributed by atoms with E-state index in [9.17, 15) is 4.39 Å². The predicted octanol–water partition coefficient (Wildman–Crippen LogP) is 3.12. The summed E-state index contributed by atoms with van der Waals surface area (Å²) in [5.74, 6) is -0.362. The maximum absolute atomic E-state index is 14.0. The first-order chi connectivity index (χ1) is 9.36. The number of pyridine rings is 1. The molecule has 1 aliphatic heterocycles. The Labute approximate surface area is 140 Å². The van der Waals surface area contributed by atoms with Crippen LogP contribution in [0.15, 0.2) is 35.8 Å². The molecule has 0 radical (unpaired) electrons. The molecule has 2 aromatic rings. The van der Waals surface area contributed by atoms with Crippen molar-refractivity contribution in [1.82, 2.24) is 15.2 Å². The fraction of sp³-hybridized carbons (Fsp3) is 0.357. The van der Waals surface area contributed by atoms with Crippen LogP contribution in [0, 0.1) is 5.95 Å². The van der Waals surface area contributed by atoms with Crippen LogP contribution < -0.4 is 5.32 Å². The standard InChI is InChI=1S/C14H16FN3S.2ClH/c15-14-11(3-1-5-17-14)13(12-4-2-10-19-12)18-8-6-16-7-9-18;;/h1-5,10,13,16H,6-9H2;2*1H/t13-;;/m0../s1. The predicted molar refractivity (Wildman–Crippen MR) is 89.3 cm³/mol. The second-order valence-electron chi connectivity index (χ2n) is 4.59. The molecule has 1 fully saturated rings. The number of aromatic nitrogens is 1. The molecule has 3 rings (SSSR count). The smallest absolute Gasteiger partial charge is 0.217 e. The van der Waals surface area contributed by atoms with Gasteiger partial charge in [0.25, 0.3) is 0 Å². The number of thiophene rings is 1. The minimum absolute atomic E-state index is 0. The van der Waals surface area contributed by atoms with Crippen LogP contribution in [0.5, 0.6) is 0 Å². The van der Waals surface area contributed by atoms with E-state index in [1.807, 2.05) is 17.5 Å². The van der Waals surface area contributed by atoms with Gasteiger partial charge in [-0.15, -0.1) is 36.2 Å². The van der Waals surface area contributed by atoms with Gasteiger partial charge in [-0.25, -0.2) is 4.98 Å². The Bertz CT molecular complexity index is 533. The summed E-state index contributed by atoms with van der Waals surface area (Å²) >= 11 is 1.67. The van der Waals surface area contributed by atoms with Crippen LogP contribution in [0.4, 0.5) is 4.39 Å². The first kappa shape index (κ1) is 18.3. The van der Waals surface area contributed by atoms with Gasteiger partial charge in [0.15, 0.2) is 0 Å². The molecule has 1 saturated heterocycles. The highest BCUT2D eigenvalue weighted by Gasteiger charge is 2.27. The van der Waals surface area contributed by atoms with E-state index in [4.69, 9.17) is 0 Å². The van der Waals surface area contributed by atoms with Crippen LogP contribution in [-0.2, 0) is 0 Å². The van der Waals surface area contributed by atoms with E-state index in [0.717, 1.165) is 26.2 Å². The van der Waals surface area contributed by atoms with Gasteiger partial charge in [-0.1, -0.05) is 12.1 Å². The van der Waals surface area contributed by atoms with E-state index >= 15 is 0 Å². The molecule has 0 aromatic carbocycles. The third-order valence-corrected chi connectivity index (χ3v) is 4.34. The summed E-state index contributed by atoms with van der Waals surface area (Å²) in [6.45, 7) is 3.75. The van der Waals surface area contributed by atoms with Gasteiger partial charge in [0.2, 0.25) is 5.95 Å². The Morgan fingerprint density at radius 2 is 1.95 bits per heavy atom. The molecule has 0 amide bonds. The zero-order valence-electron chi connectivity index (χ0n) is 11.4. The molecule has 116 valence electrons. The normalized spacial score (nSPS) is 16.6. The van der Waals surface area contributed by atoms with Gasteiger partial charge in [-0.3, -0.25) is 4.90 Å². The number of nitrogens with one attached hydrogen (secondary N) is 1. The van der Waals surface area contributed by atoms with Crippen molar-refractivity contribution in [3.63, 3.8) is 0 Å². The summed E-state index contributed by atoms with van der Waals surface area (Å²) < 4.78 is 14.0. The minimum Gasteiger partial charge on any atom is -0.314 e. The molecule has 1 atom stereocenters. The van der Waals surface area contributed by atoms with Crippen molar-refractivity contribution < 1.29 is 4.39 Å². The molecule has 3 nitrogen and oxygen atoms in total. The maximum atomic E-state index is 14.0. The second-order valence-corrected chi connectivity index (χ2v) is 5.57. The monoisotopic (exact) mass is 349 g/mol. The SMILES string of the molecule is Cl.Cl.Fc1ncccc1[C@@H](c1cccs1)N1CCNCC1. The van der Waals surface area contributed by atoms with Crippen LogP contribution >= 0.6 is 36.2 Å². The van der Waals surface area contributed by atoms with E-state index in [0.29, 0.717) is 5.56 Å². The Morgan fingerprint density at radius 3 is 2.57 bits per heavy atom. The molecule has 0 bridgehead atoms. The van der Waals surface area contributed by atoms with Gasteiger partial charge >= 0.3 is 0 Å². The van der Waals surface area contributed by atoms with Crippen molar-refractivity contribution in [1.29, 1.82) is 0 Å². The number of halogens is 3. The topological polar surface area (TPSA) is 28.2 Å². The molecule has 0 spiro atoms. The van der Waals surface area contributed by atoms with Crippen molar-refractivity contribution in [2.45, 2.75) is 6.04 Å². The highest BCUT2D eigenvalue weighted by Crippen LogP contribution is 2.32. The average Bonchev–Trinajstić information content (AvgIpc) is 2.96. The first-order valence-corrected chi connectivity index (χ1v) is 7.33. The summed E-state index contributed by atoms with van der Waals surface area (Å²) in [5, 5.41) is 5.37. The summed E-state index contributed by atoms with van der Waals surface area (Å²) in [6, 6.07) is 7.72. The van der Waals surface area contributed by atoms with E-state index < -0.39 is 0 Å². The van der Waals surface area contributed by atoms with Gasteiger partial charge in [-0.05, 0) is 17.5 Å². The summed E-state index contributed by atoms with van der Waals surface area (Å²) in [7, 11) is 0. The lowest BCUT2D eigenvalue weighted by atomic mass is 10.0. The van der Waals surface area contributed by atoms with E-state index in [2.05, 4.69) is 21.3 Å². The molecular formula is C14H18Cl2FN3S. The second kappa shape index (κ2) is 8.66. The quantitative estimate of drug-likeness (QED) is 0.863. The van der Waals surface area contributed by atoms with Crippen molar-refractivity contribution in [2.24, 2.45) is 0 Å². The molecule has 0 saturated carbocycles. The number of piperazine rings is 1. The molecule has 0 aliphatic carbocycles. The number of hydrogen-bond donors (Lipinski definition) is 1. The summed E-state index contributed by atoms with van der Waals surface area (Å²) in [5.41, 5.74) is 0.673. The van der Waals surface area contributed by atoms with Crippen molar-refractivity contribution in [3.05, 3.63) is 52.2 Å². The van der Waals surface area contributed by atoms with E-state index in [1.165, 1.54) is 11.1 Å². The van der Waals surface area contributed by atoms with Crippen molar-refractivity contribution >= 4 is 36.2 Å². The lowest BCUT2D eigenvalue weighted by molar-refractivity contribution is 0.197. The van der Waals surface area contributed by atoms with Crippen LogP contribution in [-0.4, -0.2) is 36.1 Å². The maximum Gasteiger partial charge on any atom is 0.217 e. The molecule has 7 heteroatoms. The minimum atomic E-state index is -0.362. The molecule has 21 heavy (non-hydrogen) atoms. The summed E-state index contributed by atoms with van der Waals surface area (Å²) in [6.07, 6.45) is 1.50. The van der Waals surface area contributed by atoms with Crippen LogP contribution in [0.1, 0.15) is 16.5 Å². The Hall–Kier alpha value is -0.720. The van der Waals surface area contributed by atoms with Crippen molar-refractivity contribution in [3.8, 4) is 0 Å². The van der Waals surface area contributed by atoms with Gasteiger partial charge in [-0.2, -0.15) is 4.39 Å². The molecular weight excluding hydrogens is 332 g/mol. The Kier molecular flexibility index (Phi) is 7.56. The highest BCUT2D eigenvalue weighted by atomic mass is 35.5. The van der Waals surface area contributed by atoms with E-state index in [1.54, 1.807) is 17.4 Å². The zero-order chi connectivity index (χ0) is 13.1. The number of hydrogen-bond acceptors (Lipinski definition) is 4. The Balaban J connectivity index is 0.00000110. The van der Waals surface area contributed by atoms with Crippen LogP contribution in [0.3, 0.4) is 0 Å². The van der Waals surface area contributed by atoms with E-state index in [-0.39, 0.29) is 36.8 Å². The zero-order valence-corrected chi connectivity index (χ0v) is 13.8. The molecule has 2 aromatic heterocycles. The van der Waals surface area contributed by atoms with Crippen LogP contribution in [0.2, 0.25) is 0 Å². The molecule has 0 unspecified atom stereocenters. The molecule has 3 heterocycles. The lowest BCUT2D eigenvalue weighted by Crippen LogP contribution is -2.45. The van der Waals surface area contributed by atoms with Crippen molar-refractivity contribution in [2.75, 3.05) is 26.2 Å². The van der Waals surface area contributed by atoms with Gasteiger partial charge in [0.05, 0.1) is 6.04 Å². The average molecular weight is 350 g/mol. The highest BCUT2D eigenvalue weighted by molar-refractivity contribution is 7.10. The Morgan fingerprint density at radius 1 is 1.19 bits per heavy atom. The fourth-order valence-electron chi connectivity index (χ4n) is 2.52. The summed E-state index contributed by atoms with van der Waals surface area (Å²) in [4.78, 5) is 7.30. The van der Waals surface area contributed by atoms with Gasteiger partial charge < -0.3 is 5.32 Å². The van der Waals surface area contributed by atoms with Crippen LogP contribution in [0.25, 0.3) is 0 Å². The van der Waals surface area contributed by atoms with Gasteiger partial charge in [0, 0.05) is 42.8 Å². The first-order valence-electron chi connectivity index (χ1n) is 6.45. The van der Waals surface area contributed by atoms with Gasteiger partial charge in [0.1, 0.15) is 0 Å². The molecule has 1 aliphatic rings.